The Bertz CT molecular complexity index is 695. The highest BCUT2D eigenvalue weighted by Gasteiger charge is 2.34. The maximum absolute atomic E-state index is 12.0. The number of nitrogens with zero attached hydrogens (tertiary/aromatic N) is 4. The van der Waals surface area contributed by atoms with Crippen molar-refractivity contribution in [2.75, 3.05) is 4.90 Å². The third-order valence-corrected chi connectivity index (χ3v) is 3.16. The predicted molar refractivity (Wildman–Crippen MR) is 81.8 cm³/mol. The second-order valence-corrected chi connectivity index (χ2v) is 4.63. The fourth-order valence-corrected chi connectivity index (χ4v) is 2.19. The first-order valence-electron chi connectivity index (χ1n) is 6.65. The summed E-state index contributed by atoms with van der Waals surface area (Å²) in [5, 5.41) is 8.31. The molecule has 5 nitrogen and oxygen atoms in total. The van der Waals surface area contributed by atoms with E-state index < -0.39 is 6.17 Å². The van der Waals surface area contributed by atoms with Crippen LogP contribution in [0.4, 0.5) is 11.4 Å². The van der Waals surface area contributed by atoms with Gasteiger partial charge in [0, 0.05) is 5.69 Å². The number of amides is 1. The summed E-state index contributed by atoms with van der Waals surface area (Å²) in [6.07, 6.45) is -0.729. The molecule has 0 fully saturated rings. The fourth-order valence-electron chi connectivity index (χ4n) is 2.19. The number of amidine groups is 1. The van der Waals surface area contributed by atoms with Gasteiger partial charge in [0.15, 0.2) is 0 Å². The largest absolute Gasteiger partial charge is 0.297 e. The van der Waals surface area contributed by atoms with Gasteiger partial charge in [-0.2, -0.15) is 15.2 Å². The molecule has 0 saturated heterocycles. The van der Waals surface area contributed by atoms with Gasteiger partial charge >= 0.3 is 0 Å². The lowest BCUT2D eigenvalue weighted by molar-refractivity contribution is -0.118. The van der Waals surface area contributed by atoms with E-state index in [1.54, 1.807) is 11.8 Å². The molecule has 1 heterocycles. The van der Waals surface area contributed by atoms with Gasteiger partial charge in [-0.05, 0) is 31.2 Å². The van der Waals surface area contributed by atoms with E-state index in [4.69, 9.17) is 0 Å². The number of rotatable bonds is 3. The van der Waals surface area contributed by atoms with E-state index in [2.05, 4.69) is 15.2 Å². The van der Waals surface area contributed by atoms with E-state index in [1.807, 2.05) is 60.7 Å². The van der Waals surface area contributed by atoms with Crippen molar-refractivity contribution in [3.05, 3.63) is 60.7 Å². The van der Waals surface area contributed by atoms with Crippen molar-refractivity contribution in [1.29, 1.82) is 0 Å². The molecule has 3 rings (SSSR count). The fraction of sp³-hybridized carbons (Fsp3) is 0.125. The number of aliphatic imine (C=N–C) groups is 1. The topological polar surface area (TPSA) is 57.4 Å². The van der Waals surface area contributed by atoms with Crippen molar-refractivity contribution in [1.82, 2.24) is 0 Å². The van der Waals surface area contributed by atoms with E-state index in [-0.39, 0.29) is 5.91 Å². The van der Waals surface area contributed by atoms with Crippen LogP contribution in [0.1, 0.15) is 6.92 Å². The zero-order chi connectivity index (χ0) is 14.7. The van der Waals surface area contributed by atoms with Gasteiger partial charge < -0.3 is 0 Å². The first-order valence-corrected chi connectivity index (χ1v) is 6.65. The van der Waals surface area contributed by atoms with Crippen LogP contribution in [0.25, 0.3) is 0 Å². The van der Waals surface area contributed by atoms with Gasteiger partial charge in [-0.3, -0.25) is 9.69 Å². The van der Waals surface area contributed by atoms with Crippen molar-refractivity contribution >= 4 is 23.1 Å². The normalized spacial score (nSPS) is 18.3. The van der Waals surface area contributed by atoms with Crippen molar-refractivity contribution in [3.63, 3.8) is 0 Å². The molecule has 2 aromatic carbocycles. The highest BCUT2D eigenvalue weighted by molar-refractivity contribution is 6.13. The van der Waals surface area contributed by atoms with E-state index in [9.17, 15) is 4.79 Å². The summed E-state index contributed by atoms with van der Waals surface area (Å²) in [5.41, 5.74) is 1.59. The number of hydrogen-bond acceptors (Lipinski definition) is 4. The summed E-state index contributed by atoms with van der Waals surface area (Å²) >= 11 is 0. The molecule has 21 heavy (non-hydrogen) atoms. The Kier molecular flexibility index (Phi) is 3.55. The van der Waals surface area contributed by atoms with Gasteiger partial charge in [-0.25, -0.2) is 0 Å². The molecule has 5 heteroatoms. The smallest absolute Gasteiger partial charge is 0.295 e. The molecule has 0 aliphatic carbocycles. The second-order valence-electron chi connectivity index (χ2n) is 4.63. The van der Waals surface area contributed by atoms with Gasteiger partial charge in [0.05, 0.1) is 5.69 Å². The van der Waals surface area contributed by atoms with Crippen molar-refractivity contribution in [2.45, 2.75) is 13.1 Å². The molecule has 1 amide bonds. The Labute approximate surface area is 122 Å². The zero-order valence-corrected chi connectivity index (χ0v) is 11.5. The van der Waals surface area contributed by atoms with Crippen molar-refractivity contribution < 1.29 is 4.79 Å². The van der Waals surface area contributed by atoms with Gasteiger partial charge in [0.1, 0.15) is 5.84 Å². The third-order valence-electron chi connectivity index (χ3n) is 3.16. The number of azo groups is 1. The number of hydrogen-bond donors (Lipinski definition) is 0. The summed E-state index contributed by atoms with van der Waals surface area (Å²) in [7, 11) is 0. The maximum atomic E-state index is 12.0. The SMILES string of the molecule is CC1=NC(=O)C(N=Nc2ccccc2)N1c1ccccc1. The van der Waals surface area contributed by atoms with Crippen LogP contribution in [-0.2, 0) is 4.79 Å². The maximum Gasteiger partial charge on any atom is 0.295 e. The number of para-hydroxylation sites is 1. The molecule has 0 aromatic heterocycles. The van der Waals surface area contributed by atoms with Crippen LogP contribution in [0, 0.1) is 0 Å². The number of carbonyl (C=O) groups excluding carboxylic acids is 1. The van der Waals surface area contributed by atoms with Crippen LogP contribution in [-0.4, -0.2) is 17.9 Å². The Morgan fingerprint density at radius 1 is 1.00 bits per heavy atom. The minimum Gasteiger partial charge on any atom is -0.297 e. The average molecular weight is 278 g/mol. The molecule has 1 unspecified atom stereocenters. The molecule has 0 spiro atoms. The molecule has 0 radical (unpaired) electrons. The summed E-state index contributed by atoms with van der Waals surface area (Å²) in [6, 6.07) is 18.9. The molecule has 2 aromatic rings. The van der Waals surface area contributed by atoms with E-state index in [1.165, 1.54) is 0 Å². The molecule has 0 saturated carbocycles. The number of benzene rings is 2. The molecule has 0 bridgehead atoms. The van der Waals surface area contributed by atoms with Gasteiger partial charge in [-0.15, -0.1) is 0 Å². The van der Waals surface area contributed by atoms with Crippen LogP contribution in [0.3, 0.4) is 0 Å². The number of carbonyl (C=O) groups is 1. The molecule has 1 atom stereocenters. The third kappa shape index (κ3) is 2.72. The Morgan fingerprint density at radius 3 is 2.29 bits per heavy atom. The minimum absolute atomic E-state index is 0.295. The molecule has 0 N–H and O–H groups in total. The summed E-state index contributed by atoms with van der Waals surface area (Å²) < 4.78 is 0. The van der Waals surface area contributed by atoms with Gasteiger partial charge in [0.2, 0.25) is 6.17 Å². The van der Waals surface area contributed by atoms with Crippen LogP contribution >= 0.6 is 0 Å². The molecular weight excluding hydrogens is 264 g/mol. The quantitative estimate of drug-likeness (QED) is 0.806. The van der Waals surface area contributed by atoms with Gasteiger partial charge in [0.25, 0.3) is 5.91 Å². The van der Waals surface area contributed by atoms with Crippen LogP contribution < -0.4 is 4.90 Å². The summed E-state index contributed by atoms with van der Waals surface area (Å²) in [4.78, 5) is 17.8. The second kappa shape index (κ2) is 5.66. The van der Waals surface area contributed by atoms with E-state index in [0.717, 1.165) is 5.69 Å². The standard InChI is InChI=1S/C16H14N4O/c1-12-17-16(21)15(19-18-13-8-4-2-5-9-13)20(12)14-10-6-3-7-11-14/h2-11,15H,1H3. The highest BCUT2D eigenvalue weighted by atomic mass is 16.2. The molecule has 1 aliphatic heterocycles. The molecule has 104 valence electrons. The summed E-state index contributed by atoms with van der Waals surface area (Å²) in [6.45, 7) is 1.79. The Morgan fingerprint density at radius 2 is 1.62 bits per heavy atom. The first-order chi connectivity index (χ1) is 10.3. The lowest BCUT2D eigenvalue weighted by atomic mass is 10.2. The molecule has 1 aliphatic rings. The first kappa shape index (κ1) is 13.2. The monoisotopic (exact) mass is 278 g/mol. The van der Waals surface area contributed by atoms with Crippen molar-refractivity contribution in [2.24, 2.45) is 15.2 Å². The molecular formula is C16H14N4O. The summed E-state index contributed by atoms with van der Waals surface area (Å²) in [5.74, 6) is 0.333. The average Bonchev–Trinajstić information content (AvgIpc) is 2.81. The van der Waals surface area contributed by atoms with E-state index in [0.29, 0.717) is 11.5 Å². The van der Waals surface area contributed by atoms with Crippen LogP contribution in [0.5, 0.6) is 0 Å². The lowest BCUT2D eigenvalue weighted by Gasteiger charge is -2.21. The Hall–Kier alpha value is -2.82. The van der Waals surface area contributed by atoms with E-state index >= 15 is 0 Å². The Balaban J connectivity index is 1.90. The number of anilines is 1. The van der Waals surface area contributed by atoms with Crippen LogP contribution in [0.2, 0.25) is 0 Å². The predicted octanol–water partition coefficient (Wildman–Crippen LogP) is 3.56. The van der Waals surface area contributed by atoms with Gasteiger partial charge in [-0.1, -0.05) is 36.4 Å². The van der Waals surface area contributed by atoms with Crippen LogP contribution in [0.15, 0.2) is 75.9 Å². The van der Waals surface area contributed by atoms with Crippen molar-refractivity contribution in [3.8, 4) is 0 Å². The minimum atomic E-state index is -0.729. The zero-order valence-electron chi connectivity index (χ0n) is 11.5. The lowest BCUT2D eigenvalue weighted by Crippen LogP contribution is -2.35. The highest BCUT2D eigenvalue weighted by Crippen LogP contribution is 2.24.